The van der Waals surface area contributed by atoms with Crippen LogP contribution in [0.3, 0.4) is 0 Å². The number of hydrogen-bond acceptors (Lipinski definition) is 2. The lowest BCUT2D eigenvalue weighted by molar-refractivity contribution is 0.198. The van der Waals surface area contributed by atoms with Gasteiger partial charge in [0.1, 0.15) is 5.82 Å². The van der Waals surface area contributed by atoms with E-state index < -0.39 is 0 Å². The van der Waals surface area contributed by atoms with Crippen molar-refractivity contribution in [2.75, 3.05) is 38.1 Å². The molecule has 1 aliphatic rings. The minimum Gasteiger partial charge on any atom is -0.322 e. The number of nitrogens with one attached hydrogen (secondary N) is 1. The molecule has 0 aromatic heterocycles. The van der Waals surface area contributed by atoms with Gasteiger partial charge in [0, 0.05) is 33.2 Å². The van der Waals surface area contributed by atoms with E-state index in [0.29, 0.717) is 18.8 Å². The van der Waals surface area contributed by atoms with Crippen LogP contribution < -0.4 is 10.2 Å². The number of hydrogen-bond donors (Lipinski definition) is 1. The van der Waals surface area contributed by atoms with E-state index in [2.05, 4.69) is 5.32 Å². The zero-order chi connectivity index (χ0) is 12.3. The SMILES string of the molecule is CN(C(=O)N1CCNCC1)c1ccccc1F. The molecule has 0 atom stereocenters. The lowest BCUT2D eigenvalue weighted by Crippen LogP contribution is -2.50. The van der Waals surface area contributed by atoms with Gasteiger partial charge < -0.3 is 10.2 Å². The molecule has 1 aromatic carbocycles. The zero-order valence-electron chi connectivity index (χ0n) is 9.82. The van der Waals surface area contributed by atoms with Gasteiger partial charge in [-0.05, 0) is 12.1 Å². The van der Waals surface area contributed by atoms with Crippen molar-refractivity contribution in [3.05, 3.63) is 30.1 Å². The van der Waals surface area contributed by atoms with Crippen LogP contribution in [0, 0.1) is 5.82 Å². The van der Waals surface area contributed by atoms with E-state index in [1.54, 1.807) is 30.1 Å². The third-order valence-electron chi connectivity index (χ3n) is 2.89. The number of nitrogens with zero attached hydrogens (tertiary/aromatic N) is 2. The molecule has 0 bridgehead atoms. The summed E-state index contributed by atoms with van der Waals surface area (Å²) in [4.78, 5) is 15.2. The van der Waals surface area contributed by atoms with Crippen molar-refractivity contribution in [2.24, 2.45) is 0 Å². The van der Waals surface area contributed by atoms with Crippen LogP contribution in [0.4, 0.5) is 14.9 Å². The highest BCUT2D eigenvalue weighted by molar-refractivity contribution is 5.91. The van der Waals surface area contributed by atoms with Gasteiger partial charge in [-0.1, -0.05) is 12.1 Å². The van der Waals surface area contributed by atoms with Crippen LogP contribution in [0.1, 0.15) is 0 Å². The highest BCUT2D eigenvalue weighted by Crippen LogP contribution is 2.18. The number of anilines is 1. The number of para-hydroxylation sites is 1. The summed E-state index contributed by atoms with van der Waals surface area (Å²) < 4.78 is 13.5. The molecule has 0 spiro atoms. The van der Waals surface area contributed by atoms with Gasteiger partial charge in [0.05, 0.1) is 5.69 Å². The van der Waals surface area contributed by atoms with E-state index in [1.807, 2.05) is 0 Å². The molecule has 1 fully saturated rings. The van der Waals surface area contributed by atoms with Crippen molar-refractivity contribution in [1.29, 1.82) is 0 Å². The maximum atomic E-state index is 13.5. The van der Waals surface area contributed by atoms with Gasteiger partial charge in [-0.15, -0.1) is 0 Å². The Hall–Kier alpha value is -1.62. The molecule has 17 heavy (non-hydrogen) atoms. The summed E-state index contributed by atoms with van der Waals surface area (Å²) in [6.45, 7) is 2.91. The summed E-state index contributed by atoms with van der Waals surface area (Å²) >= 11 is 0. The first-order valence-corrected chi connectivity index (χ1v) is 5.68. The molecular formula is C12H16FN3O. The molecule has 2 amide bonds. The number of benzene rings is 1. The Morgan fingerprint density at radius 2 is 2.00 bits per heavy atom. The fraction of sp³-hybridized carbons (Fsp3) is 0.417. The van der Waals surface area contributed by atoms with E-state index in [9.17, 15) is 9.18 Å². The Morgan fingerprint density at radius 1 is 1.35 bits per heavy atom. The second-order valence-corrected chi connectivity index (χ2v) is 4.03. The molecule has 1 N–H and O–H groups in total. The first-order chi connectivity index (χ1) is 8.20. The molecule has 0 saturated carbocycles. The monoisotopic (exact) mass is 237 g/mol. The van der Waals surface area contributed by atoms with Crippen LogP contribution in [0.25, 0.3) is 0 Å². The van der Waals surface area contributed by atoms with Crippen molar-refractivity contribution >= 4 is 11.7 Å². The molecule has 4 nitrogen and oxygen atoms in total. The number of carbonyl (C=O) groups excluding carboxylic acids is 1. The van der Waals surface area contributed by atoms with Crippen molar-refractivity contribution in [1.82, 2.24) is 10.2 Å². The standard InChI is InChI=1S/C12H16FN3O/c1-15(11-5-3-2-4-10(11)13)12(17)16-8-6-14-7-9-16/h2-5,14H,6-9H2,1H3. The summed E-state index contributed by atoms with van der Waals surface area (Å²) in [6, 6.07) is 6.14. The lowest BCUT2D eigenvalue weighted by Gasteiger charge is -2.31. The molecular weight excluding hydrogens is 221 g/mol. The first-order valence-electron chi connectivity index (χ1n) is 5.68. The highest BCUT2D eigenvalue weighted by Gasteiger charge is 2.22. The number of carbonyl (C=O) groups is 1. The third kappa shape index (κ3) is 2.55. The van der Waals surface area contributed by atoms with E-state index in [4.69, 9.17) is 0 Å². The van der Waals surface area contributed by atoms with Gasteiger partial charge in [0.2, 0.25) is 0 Å². The van der Waals surface area contributed by atoms with Crippen LogP contribution >= 0.6 is 0 Å². The second kappa shape index (κ2) is 5.14. The Labute approximate surface area is 100 Å². The second-order valence-electron chi connectivity index (χ2n) is 4.03. The van der Waals surface area contributed by atoms with Crippen LogP contribution in [0.15, 0.2) is 24.3 Å². The molecule has 0 unspecified atom stereocenters. The zero-order valence-corrected chi connectivity index (χ0v) is 9.82. The maximum Gasteiger partial charge on any atom is 0.324 e. The van der Waals surface area contributed by atoms with E-state index >= 15 is 0 Å². The summed E-state index contributed by atoms with van der Waals surface area (Å²) in [5.74, 6) is -0.376. The van der Waals surface area contributed by atoms with Crippen molar-refractivity contribution in [3.63, 3.8) is 0 Å². The summed E-state index contributed by atoms with van der Waals surface area (Å²) in [5.41, 5.74) is 0.316. The van der Waals surface area contributed by atoms with Gasteiger partial charge in [-0.25, -0.2) is 9.18 Å². The van der Waals surface area contributed by atoms with Gasteiger partial charge in [-0.2, -0.15) is 0 Å². The summed E-state index contributed by atoms with van der Waals surface area (Å²) in [7, 11) is 1.60. The molecule has 1 aromatic rings. The third-order valence-corrected chi connectivity index (χ3v) is 2.89. The number of urea groups is 1. The minimum absolute atomic E-state index is 0.156. The number of halogens is 1. The van der Waals surface area contributed by atoms with Gasteiger partial charge >= 0.3 is 6.03 Å². The van der Waals surface area contributed by atoms with Gasteiger partial charge in [0.25, 0.3) is 0 Å². The molecule has 92 valence electrons. The Morgan fingerprint density at radius 3 is 2.65 bits per heavy atom. The predicted octanol–water partition coefficient (Wildman–Crippen LogP) is 1.29. The van der Waals surface area contributed by atoms with Gasteiger partial charge in [-0.3, -0.25) is 4.90 Å². The number of rotatable bonds is 1. The van der Waals surface area contributed by atoms with E-state index in [-0.39, 0.29) is 11.8 Å². The van der Waals surface area contributed by atoms with Crippen LogP contribution in [-0.2, 0) is 0 Å². The molecule has 5 heteroatoms. The molecule has 2 rings (SSSR count). The predicted molar refractivity (Wildman–Crippen MR) is 64.6 cm³/mol. The summed E-state index contributed by atoms with van der Waals surface area (Å²) in [6.07, 6.45) is 0. The molecule has 0 aliphatic carbocycles. The van der Waals surface area contributed by atoms with E-state index in [0.717, 1.165) is 13.1 Å². The lowest BCUT2D eigenvalue weighted by atomic mass is 10.3. The van der Waals surface area contributed by atoms with Crippen molar-refractivity contribution in [3.8, 4) is 0 Å². The molecule has 1 aliphatic heterocycles. The van der Waals surface area contributed by atoms with Crippen LogP contribution in [0.2, 0.25) is 0 Å². The Balaban J connectivity index is 2.11. The highest BCUT2D eigenvalue weighted by atomic mass is 19.1. The van der Waals surface area contributed by atoms with Crippen molar-refractivity contribution in [2.45, 2.75) is 0 Å². The first kappa shape index (κ1) is 11.9. The molecule has 1 heterocycles. The quantitative estimate of drug-likeness (QED) is 0.798. The number of piperazine rings is 1. The normalized spacial score (nSPS) is 15.8. The number of amides is 2. The largest absolute Gasteiger partial charge is 0.324 e. The Kier molecular flexibility index (Phi) is 3.58. The van der Waals surface area contributed by atoms with Crippen LogP contribution in [-0.4, -0.2) is 44.2 Å². The maximum absolute atomic E-state index is 13.5. The fourth-order valence-corrected chi connectivity index (χ4v) is 1.90. The Bertz CT molecular complexity index is 404. The average molecular weight is 237 g/mol. The smallest absolute Gasteiger partial charge is 0.322 e. The van der Waals surface area contributed by atoms with Gasteiger partial charge in [0.15, 0.2) is 0 Å². The minimum atomic E-state index is -0.376. The van der Waals surface area contributed by atoms with Crippen LogP contribution in [0.5, 0.6) is 0 Å². The van der Waals surface area contributed by atoms with E-state index in [1.165, 1.54) is 11.0 Å². The fourth-order valence-electron chi connectivity index (χ4n) is 1.90. The molecule has 0 radical (unpaired) electrons. The molecule has 1 saturated heterocycles. The van der Waals surface area contributed by atoms with Crippen molar-refractivity contribution < 1.29 is 9.18 Å². The topological polar surface area (TPSA) is 35.6 Å². The summed E-state index contributed by atoms with van der Waals surface area (Å²) in [5, 5.41) is 3.17. The average Bonchev–Trinajstić information content (AvgIpc) is 2.39.